The topological polar surface area (TPSA) is 71.3 Å². The number of nitrogens with zero attached hydrogens (tertiary/aromatic N) is 1. The van der Waals surface area contributed by atoms with E-state index in [2.05, 4.69) is 11.4 Å². The highest BCUT2D eigenvalue weighted by molar-refractivity contribution is 5.97. The van der Waals surface area contributed by atoms with Crippen molar-refractivity contribution in [1.82, 2.24) is 0 Å². The number of carbonyl (C=O) groups excluding carboxylic acids is 1. The standard InChI is InChI=1S/C15H20N2O3/c1-5-15(3,19-4)14(18)17-12-7-8-13(20-6-2)11(9-12)10-16/h7-9H,5-6H2,1-4H3,(H,17,18)/t15-/m1/s1. The van der Waals surface area contributed by atoms with Gasteiger partial charge in [0.25, 0.3) is 5.91 Å². The fourth-order valence-corrected chi connectivity index (χ4v) is 1.64. The number of benzene rings is 1. The van der Waals surface area contributed by atoms with Crippen LogP contribution in [0.5, 0.6) is 5.75 Å². The molecule has 0 radical (unpaired) electrons. The van der Waals surface area contributed by atoms with Gasteiger partial charge in [-0.05, 0) is 38.5 Å². The average Bonchev–Trinajstić information content (AvgIpc) is 2.47. The normalized spacial score (nSPS) is 13.2. The van der Waals surface area contributed by atoms with E-state index in [1.165, 1.54) is 7.11 Å². The maximum atomic E-state index is 12.2. The molecule has 0 aliphatic heterocycles. The second kappa shape index (κ2) is 6.92. The van der Waals surface area contributed by atoms with E-state index in [0.717, 1.165) is 0 Å². The molecule has 0 aliphatic rings. The fraction of sp³-hybridized carbons (Fsp3) is 0.467. The van der Waals surface area contributed by atoms with E-state index in [0.29, 0.717) is 30.0 Å². The van der Waals surface area contributed by atoms with Gasteiger partial charge in [0.2, 0.25) is 0 Å². The minimum Gasteiger partial charge on any atom is -0.492 e. The van der Waals surface area contributed by atoms with E-state index in [-0.39, 0.29) is 5.91 Å². The van der Waals surface area contributed by atoms with Gasteiger partial charge in [-0.25, -0.2) is 0 Å². The average molecular weight is 276 g/mol. The number of hydrogen-bond acceptors (Lipinski definition) is 4. The second-order valence-corrected chi connectivity index (χ2v) is 4.50. The third kappa shape index (κ3) is 3.49. The molecule has 1 N–H and O–H groups in total. The van der Waals surface area contributed by atoms with Crippen LogP contribution in [-0.4, -0.2) is 25.2 Å². The molecule has 1 aromatic carbocycles. The van der Waals surface area contributed by atoms with Gasteiger partial charge in [-0.1, -0.05) is 6.92 Å². The van der Waals surface area contributed by atoms with E-state index >= 15 is 0 Å². The Bertz CT molecular complexity index is 516. The maximum absolute atomic E-state index is 12.2. The number of hydrogen-bond donors (Lipinski definition) is 1. The molecule has 1 aromatic rings. The highest BCUT2D eigenvalue weighted by Crippen LogP contribution is 2.24. The number of ether oxygens (including phenoxy) is 2. The molecule has 1 amide bonds. The van der Waals surface area contributed by atoms with Crippen LogP contribution in [0.15, 0.2) is 18.2 Å². The molecular formula is C15H20N2O3. The molecule has 5 heteroatoms. The van der Waals surface area contributed by atoms with Crippen molar-refractivity contribution in [2.24, 2.45) is 0 Å². The lowest BCUT2D eigenvalue weighted by atomic mass is 10.0. The van der Waals surface area contributed by atoms with Gasteiger partial charge in [-0.15, -0.1) is 0 Å². The van der Waals surface area contributed by atoms with Crippen LogP contribution in [0.3, 0.4) is 0 Å². The number of anilines is 1. The van der Waals surface area contributed by atoms with Gasteiger partial charge < -0.3 is 14.8 Å². The zero-order chi connectivity index (χ0) is 15.2. The van der Waals surface area contributed by atoms with Crippen LogP contribution in [0.4, 0.5) is 5.69 Å². The number of nitrogens with one attached hydrogen (secondary N) is 1. The number of amides is 1. The number of carbonyl (C=O) groups is 1. The van der Waals surface area contributed by atoms with Gasteiger partial charge in [0.1, 0.15) is 17.4 Å². The SMILES string of the molecule is CCOc1ccc(NC(=O)[C@@](C)(CC)OC)cc1C#N. The van der Waals surface area contributed by atoms with Crippen LogP contribution in [-0.2, 0) is 9.53 Å². The Morgan fingerprint density at radius 2 is 2.15 bits per heavy atom. The lowest BCUT2D eigenvalue weighted by Crippen LogP contribution is -2.41. The molecular weight excluding hydrogens is 256 g/mol. The molecule has 0 aliphatic carbocycles. The first kappa shape index (κ1) is 16.0. The fourth-order valence-electron chi connectivity index (χ4n) is 1.64. The quantitative estimate of drug-likeness (QED) is 0.867. The van der Waals surface area contributed by atoms with Gasteiger partial charge in [-0.2, -0.15) is 5.26 Å². The van der Waals surface area contributed by atoms with E-state index < -0.39 is 5.60 Å². The first-order valence-electron chi connectivity index (χ1n) is 6.54. The molecule has 0 spiro atoms. The predicted molar refractivity (Wildman–Crippen MR) is 76.7 cm³/mol. The van der Waals surface area contributed by atoms with Crippen molar-refractivity contribution in [2.75, 3.05) is 19.0 Å². The molecule has 0 unspecified atom stereocenters. The molecule has 0 bridgehead atoms. The monoisotopic (exact) mass is 276 g/mol. The molecule has 20 heavy (non-hydrogen) atoms. The summed E-state index contributed by atoms with van der Waals surface area (Å²) in [6.45, 7) is 5.93. The predicted octanol–water partition coefficient (Wildman–Crippen LogP) is 2.71. The van der Waals surface area contributed by atoms with Gasteiger partial charge in [0.05, 0.1) is 12.2 Å². The zero-order valence-electron chi connectivity index (χ0n) is 12.3. The summed E-state index contributed by atoms with van der Waals surface area (Å²) in [5, 5.41) is 11.8. The zero-order valence-corrected chi connectivity index (χ0v) is 12.3. The smallest absolute Gasteiger partial charge is 0.256 e. The molecule has 108 valence electrons. The van der Waals surface area contributed by atoms with Crippen LogP contribution < -0.4 is 10.1 Å². The number of rotatable bonds is 6. The Hall–Kier alpha value is -2.06. The number of nitriles is 1. The van der Waals surface area contributed by atoms with Gasteiger partial charge in [-0.3, -0.25) is 4.79 Å². The van der Waals surface area contributed by atoms with E-state index in [1.54, 1.807) is 25.1 Å². The van der Waals surface area contributed by atoms with Crippen molar-refractivity contribution in [3.63, 3.8) is 0 Å². The third-order valence-electron chi connectivity index (χ3n) is 3.26. The van der Waals surface area contributed by atoms with Crippen molar-refractivity contribution in [3.8, 4) is 11.8 Å². The molecule has 0 heterocycles. The minimum atomic E-state index is -0.884. The summed E-state index contributed by atoms with van der Waals surface area (Å²) in [6.07, 6.45) is 0.553. The Morgan fingerprint density at radius 1 is 1.45 bits per heavy atom. The largest absolute Gasteiger partial charge is 0.492 e. The van der Waals surface area contributed by atoms with E-state index in [1.807, 2.05) is 13.8 Å². The van der Waals surface area contributed by atoms with Crippen LogP contribution >= 0.6 is 0 Å². The van der Waals surface area contributed by atoms with Crippen LogP contribution in [0.1, 0.15) is 32.8 Å². The minimum absolute atomic E-state index is 0.240. The third-order valence-corrected chi connectivity index (χ3v) is 3.26. The van der Waals surface area contributed by atoms with Crippen molar-refractivity contribution in [2.45, 2.75) is 32.8 Å². The van der Waals surface area contributed by atoms with Crippen LogP contribution in [0.2, 0.25) is 0 Å². The summed E-state index contributed by atoms with van der Waals surface area (Å²) in [5.74, 6) is 0.272. The molecule has 0 saturated heterocycles. The van der Waals surface area contributed by atoms with Gasteiger partial charge >= 0.3 is 0 Å². The lowest BCUT2D eigenvalue weighted by molar-refractivity contribution is -0.136. The van der Waals surface area contributed by atoms with Gasteiger partial charge in [0, 0.05) is 12.8 Å². The van der Waals surface area contributed by atoms with Crippen molar-refractivity contribution >= 4 is 11.6 Å². The summed E-state index contributed by atoms with van der Waals surface area (Å²) >= 11 is 0. The molecule has 0 fully saturated rings. The Labute approximate surface area is 119 Å². The highest BCUT2D eigenvalue weighted by Gasteiger charge is 2.31. The van der Waals surface area contributed by atoms with Crippen molar-refractivity contribution in [1.29, 1.82) is 5.26 Å². The molecule has 1 rings (SSSR count). The summed E-state index contributed by atoms with van der Waals surface area (Å²) in [5.41, 5.74) is 0.0535. The Kier molecular flexibility index (Phi) is 5.53. The molecule has 5 nitrogen and oxygen atoms in total. The summed E-state index contributed by atoms with van der Waals surface area (Å²) in [4.78, 5) is 12.2. The van der Waals surface area contributed by atoms with Crippen molar-refractivity contribution < 1.29 is 14.3 Å². The summed E-state index contributed by atoms with van der Waals surface area (Å²) < 4.78 is 10.6. The first-order valence-corrected chi connectivity index (χ1v) is 6.54. The number of methoxy groups -OCH3 is 1. The Balaban J connectivity index is 2.94. The van der Waals surface area contributed by atoms with E-state index in [9.17, 15) is 4.79 Å². The first-order chi connectivity index (χ1) is 9.50. The summed E-state index contributed by atoms with van der Waals surface area (Å²) in [7, 11) is 1.50. The van der Waals surface area contributed by atoms with E-state index in [4.69, 9.17) is 14.7 Å². The molecule has 1 atom stereocenters. The second-order valence-electron chi connectivity index (χ2n) is 4.50. The summed E-state index contributed by atoms with van der Waals surface area (Å²) in [6, 6.07) is 7.02. The van der Waals surface area contributed by atoms with Crippen LogP contribution in [0.25, 0.3) is 0 Å². The molecule has 0 aromatic heterocycles. The van der Waals surface area contributed by atoms with Crippen LogP contribution in [0, 0.1) is 11.3 Å². The van der Waals surface area contributed by atoms with Gasteiger partial charge in [0.15, 0.2) is 0 Å². The Morgan fingerprint density at radius 3 is 2.65 bits per heavy atom. The highest BCUT2D eigenvalue weighted by atomic mass is 16.5. The van der Waals surface area contributed by atoms with Crippen molar-refractivity contribution in [3.05, 3.63) is 23.8 Å². The lowest BCUT2D eigenvalue weighted by Gasteiger charge is -2.25. The molecule has 0 saturated carbocycles. The maximum Gasteiger partial charge on any atom is 0.256 e.